The highest BCUT2D eigenvalue weighted by molar-refractivity contribution is 6.33. The van der Waals surface area contributed by atoms with E-state index in [4.69, 9.17) is 26.8 Å². The second-order valence-corrected chi connectivity index (χ2v) is 5.42. The van der Waals surface area contributed by atoms with Crippen molar-refractivity contribution in [2.24, 2.45) is 5.92 Å². The van der Waals surface area contributed by atoms with Crippen LogP contribution in [0.5, 0.6) is 0 Å². The molecule has 0 aliphatic carbocycles. The van der Waals surface area contributed by atoms with Crippen LogP contribution in [0.2, 0.25) is 5.15 Å². The van der Waals surface area contributed by atoms with E-state index in [1.165, 1.54) is 0 Å². The van der Waals surface area contributed by atoms with Gasteiger partial charge in [-0.2, -0.15) is 9.97 Å². The Bertz CT molecular complexity index is 630. The summed E-state index contributed by atoms with van der Waals surface area (Å²) in [6, 6.07) is 0. The van der Waals surface area contributed by atoms with Crippen molar-refractivity contribution in [1.29, 1.82) is 0 Å². The van der Waals surface area contributed by atoms with Crippen molar-refractivity contribution >= 4 is 28.7 Å². The van der Waals surface area contributed by atoms with Crippen molar-refractivity contribution in [1.82, 2.24) is 19.5 Å². The molecule has 2 rings (SSSR count). The van der Waals surface area contributed by atoms with Gasteiger partial charge in [0.25, 0.3) is 0 Å². The number of aliphatic hydroxyl groups excluding tert-OH is 1. The van der Waals surface area contributed by atoms with Crippen molar-refractivity contribution in [2.45, 2.75) is 33.1 Å². The summed E-state index contributed by atoms with van der Waals surface area (Å²) in [5.74, 6) is 0.0109. The van der Waals surface area contributed by atoms with Crippen molar-refractivity contribution < 1.29 is 14.6 Å². The number of rotatable bonds is 9. The molecule has 0 radical (unpaired) electrons. The van der Waals surface area contributed by atoms with Gasteiger partial charge in [-0.1, -0.05) is 11.6 Å². The molecule has 0 aromatic carbocycles. The zero-order chi connectivity index (χ0) is 16.8. The molecule has 2 heterocycles. The minimum absolute atomic E-state index is 0.00931. The van der Waals surface area contributed by atoms with Crippen molar-refractivity contribution in [3.05, 3.63) is 11.5 Å². The van der Waals surface area contributed by atoms with E-state index in [9.17, 15) is 5.11 Å². The second-order valence-electron chi connectivity index (χ2n) is 5.07. The SMILES string of the molecule is CCOC(C[C@H](CO)Cn1cnc2c(Cl)nc(N)nc21)OCC. The van der Waals surface area contributed by atoms with Crippen LogP contribution in [0.1, 0.15) is 20.3 Å². The molecule has 2 aromatic rings. The fourth-order valence-corrected chi connectivity index (χ4v) is 2.59. The highest BCUT2D eigenvalue weighted by Gasteiger charge is 2.19. The number of imidazole rings is 1. The highest BCUT2D eigenvalue weighted by Crippen LogP contribution is 2.21. The van der Waals surface area contributed by atoms with E-state index in [1.807, 2.05) is 13.8 Å². The molecule has 0 aliphatic heterocycles. The molecular weight excluding hydrogens is 322 g/mol. The van der Waals surface area contributed by atoms with Crippen LogP contribution in [0, 0.1) is 5.92 Å². The normalized spacial score (nSPS) is 13.1. The van der Waals surface area contributed by atoms with E-state index in [2.05, 4.69) is 15.0 Å². The van der Waals surface area contributed by atoms with Gasteiger partial charge in [0.05, 0.1) is 6.33 Å². The summed E-state index contributed by atoms with van der Waals surface area (Å²) < 4.78 is 12.9. The Morgan fingerprint density at radius 2 is 2.00 bits per heavy atom. The molecule has 0 aliphatic rings. The van der Waals surface area contributed by atoms with Crippen molar-refractivity contribution in [3.63, 3.8) is 0 Å². The van der Waals surface area contributed by atoms with E-state index in [0.717, 1.165) is 0 Å². The molecule has 128 valence electrons. The molecule has 0 saturated carbocycles. The van der Waals surface area contributed by atoms with Crippen LogP contribution in [0.25, 0.3) is 11.2 Å². The van der Waals surface area contributed by atoms with Crippen LogP contribution in [0.15, 0.2) is 6.33 Å². The van der Waals surface area contributed by atoms with Crippen molar-refractivity contribution in [2.75, 3.05) is 25.6 Å². The zero-order valence-corrected chi connectivity index (χ0v) is 14.0. The Balaban J connectivity index is 2.15. The van der Waals surface area contributed by atoms with Gasteiger partial charge in [0.2, 0.25) is 5.95 Å². The summed E-state index contributed by atoms with van der Waals surface area (Å²) in [6.07, 6.45) is 1.83. The van der Waals surface area contributed by atoms with Gasteiger partial charge >= 0.3 is 0 Å². The highest BCUT2D eigenvalue weighted by atomic mass is 35.5. The van der Waals surface area contributed by atoms with E-state index in [-0.39, 0.29) is 29.9 Å². The Hall–Kier alpha value is -1.48. The number of nitrogens with zero attached hydrogens (tertiary/aromatic N) is 4. The summed E-state index contributed by atoms with van der Waals surface area (Å²) in [7, 11) is 0. The number of hydrogen-bond donors (Lipinski definition) is 2. The molecule has 0 spiro atoms. The number of anilines is 1. The van der Waals surface area contributed by atoms with E-state index in [1.54, 1.807) is 10.9 Å². The standard InChI is InChI=1S/C14H22ClN5O3/c1-3-22-10(23-4-2)5-9(7-21)6-20-8-17-11-12(15)18-14(16)19-13(11)20/h8-10,21H,3-7H2,1-2H3,(H2,16,18,19)/t9-/m0/s1. The predicted molar refractivity (Wildman–Crippen MR) is 87.0 cm³/mol. The minimum atomic E-state index is -0.347. The maximum Gasteiger partial charge on any atom is 0.223 e. The summed E-state index contributed by atoms with van der Waals surface area (Å²) in [6.45, 7) is 5.41. The van der Waals surface area contributed by atoms with E-state index >= 15 is 0 Å². The quantitative estimate of drug-likeness (QED) is 0.524. The van der Waals surface area contributed by atoms with Gasteiger partial charge in [0.1, 0.15) is 5.52 Å². The predicted octanol–water partition coefficient (Wildman–Crippen LogP) is 1.46. The summed E-state index contributed by atoms with van der Waals surface area (Å²) >= 11 is 6.02. The lowest BCUT2D eigenvalue weighted by Gasteiger charge is -2.22. The molecule has 9 heteroatoms. The van der Waals surface area contributed by atoms with Gasteiger partial charge in [-0.15, -0.1) is 0 Å². The largest absolute Gasteiger partial charge is 0.396 e. The Kier molecular flexibility index (Phi) is 6.52. The molecule has 0 bridgehead atoms. The average Bonchev–Trinajstić information content (AvgIpc) is 2.90. The van der Waals surface area contributed by atoms with Crippen molar-refractivity contribution in [3.8, 4) is 0 Å². The number of aliphatic hydroxyl groups is 1. The van der Waals surface area contributed by atoms with Gasteiger partial charge < -0.3 is 24.9 Å². The topological polar surface area (TPSA) is 108 Å². The number of aromatic nitrogens is 4. The third-order valence-corrected chi connectivity index (χ3v) is 3.65. The van der Waals surface area contributed by atoms with Gasteiger partial charge in [0.15, 0.2) is 17.1 Å². The molecule has 3 N–H and O–H groups in total. The van der Waals surface area contributed by atoms with Gasteiger partial charge in [-0.25, -0.2) is 4.98 Å². The lowest BCUT2D eigenvalue weighted by Crippen LogP contribution is -2.25. The minimum Gasteiger partial charge on any atom is -0.396 e. The van der Waals surface area contributed by atoms with Crippen LogP contribution in [0.3, 0.4) is 0 Å². The van der Waals surface area contributed by atoms with E-state index < -0.39 is 0 Å². The Morgan fingerprint density at radius 1 is 1.30 bits per heavy atom. The van der Waals surface area contributed by atoms with Crippen LogP contribution in [-0.4, -0.2) is 50.7 Å². The molecule has 0 fully saturated rings. The average molecular weight is 344 g/mol. The van der Waals surface area contributed by atoms with Crippen LogP contribution in [0.4, 0.5) is 5.95 Å². The Morgan fingerprint density at radius 3 is 2.61 bits per heavy atom. The van der Waals surface area contributed by atoms with Crippen LogP contribution >= 0.6 is 11.6 Å². The first-order valence-corrected chi connectivity index (χ1v) is 7.94. The zero-order valence-electron chi connectivity index (χ0n) is 13.3. The molecule has 23 heavy (non-hydrogen) atoms. The monoisotopic (exact) mass is 343 g/mol. The first-order valence-electron chi connectivity index (χ1n) is 7.56. The number of halogens is 1. The molecule has 2 aromatic heterocycles. The van der Waals surface area contributed by atoms with Crippen LogP contribution in [-0.2, 0) is 16.0 Å². The first-order chi connectivity index (χ1) is 11.1. The number of fused-ring (bicyclic) bond motifs is 1. The summed E-state index contributed by atoms with van der Waals surface area (Å²) in [5.41, 5.74) is 6.67. The van der Waals surface area contributed by atoms with E-state index in [0.29, 0.717) is 37.3 Å². The molecule has 0 unspecified atom stereocenters. The molecular formula is C14H22ClN5O3. The number of nitrogens with two attached hydrogens (primary N) is 1. The Labute approximate surface area is 139 Å². The molecule has 1 atom stereocenters. The van der Waals surface area contributed by atoms with Gasteiger partial charge in [0, 0.05) is 38.7 Å². The molecule has 0 saturated heterocycles. The smallest absolute Gasteiger partial charge is 0.223 e. The van der Waals surface area contributed by atoms with Crippen LogP contribution < -0.4 is 5.73 Å². The maximum absolute atomic E-state index is 9.66. The number of ether oxygens (including phenoxy) is 2. The second kappa shape index (κ2) is 8.39. The first kappa shape index (κ1) is 17.9. The third-order valence-electron chi connectivity index (χ3n) is 3.38. The summed E-state index contributed by atoms with van der Waals surface area (Å²) in [4.78, 5) is 12.3. The van der Waals surface area contributed by atoms with Gasteiger partial charge in [-0.05, 0) is 13.8 Å². The molecule has 8 nitrogen and oxygen atoms in total. The third kappa shape index (κ3) is 4.51. The number of nitrogen functional groups attached to an aromatic ring is 1. The maximum atomic E-state index is 9.66. The molecule has 0 amide bonds. The fraction of sp³-hybridized carbons (Fsp3) is 0.643. The summed E-state index contributed by atoms with van der Waals surface area (Å²) in [5, 5.41) is 9.88. The lowest BCUT2D eigenvalue weighted by atomic mass is 10.1. The fourth-order valence-electron chi connectivity index (χ4n) is 2.37. The lowest BCUT2D eigenvalue weighted by molar-refractivity contribution is -0.148. The number of hydrogen-bond acceptors (Lipinski definition) is 7. The van der Waals surface area contributed by atoms with Gasteiger partial charge in [-0.3, -0.25) is 0 Å².